The van der Waals surface area contributed by atoms with E-state index in [1.807, 2.05) is 25.4 Å². The fourth-order valence-electron chi connectivity index (χ4n) is 1.95. The first-order valence-electron chi connectivity index (χ1n) is 6.04. The Morgan fingerprint density at radius 3 is 2.65 bits per heavy atom. The topological polar surface area (TPSA) is 41.9 Å². The Morgan fingerprint density at radius 2 is 1.95 bits per heavy atom. The summed E-state index contributed by atoms with van der Waals surface area (Å²) in [5.74, 6) is -0.669. The molecule has 0 bridgehead atoms. The molecule has 20 heavy (non-hydrogen) atoms. The van der Waals surface area contributed by atoms with E-state index < -0.39 is 5.97 Å². The van der Waals surface area contributed by atoms with Gasteiger partial charge in [-0.05, 0) is 36.4 Å². The number of hydrogen-bond acceptors (Lipinski definition) is 4. The Bertz CT molecular complexity index is 684. The molecule has 0 fully saturated rings. The first-order chi connectivity index (χ1) is 9.65. The van der Waals surface area contributed by atoms with Crippen LogP contribution in [0.5, 0.6) is 0 Å². The standard InChI is InChI=1S/C15H11FN2O2/c1-18-9-3-2-4-12(18)13-15(19)20-14(17-13)10-5-7-11(16)8-6-10/h2-9H,1H3/b13-12+. The van der Waals surface area contributed by atoms with Gasteiger partial charge in [0.05, 0.1) is 5.70 Å². The van der Waals surface area contributed by atoms with Crippen molar-refractivity contribution in [3.8, 4) is 0 Å². The highest BCUT2D eigenvalue weighted by atomic mass is 19.1. The normalized spacial score (nSPS) is 21.2. The van der Waals surface area contributed by atoms with Gasteiger partial charge in [-0.25, -0.2) is 14.2 Å². The maximum absolute atomic E-state index is 12.9. The van der Waals surface area contributed by atoms with E-state index in [9.17, 15) is 9.18 Å². The minimum absolute atomic E-state index is 0.189. The molecular weight excluding hydrogens is 259 g/mol. The van der Waals surface area contributed by atoms with E-state index in [-0.39, 0.29) is 17.4 Å². The van der Waals surface area contributed by atoms with Crippen molar-refractivity contribution in [1.82, 2.24) is 4.90 Å². The first-order valence-corrected chi connectivity index (χ1v) is 6.04. The second-order valence-electron chi connectivity index (χ2n) is 4.36. The molecule has 3 rings (SSSR count). The Labute approximate surface area is 115 Å². The minimum atomic E-state index is -0.508. The van der Waals surface area contributed by atoms with Crippen LogP contribution >= 0.6 is 0 Å². The minimum Gasteiger partial charge on any atom is -0.402 e. The van der Waals surface area contributed by atoms with Gasteiger partial charge < -0.3 is 9.64 Å². The number of carbonyl (C=O) groups excluding carboxylic acids is 1. The van der Waals surface area contributed by atoms with Gasteiger partial charge in [0, 0.05) is 18.8 Å². The molecule has 0 aromatic heterocycles. The van der Waals surface area contributed by atoms with Crippen LogP contribution in [0.3, 0.4) is 0 Å². The van der Waals surface area contributed by atoms with Gasteiger partial charge in [-0.2, -0.15) is 0 Å². The van der Waals surface area contributed by atoms with E-state index in [0.717, 1.165) is 0 Å². The van der Waals surface area contributed by atoms with Crippen LogP contribution in [-0.4, -0.2) is 23.8 Å². The number of rotatable bonds is 1. The molecule has 0 saturated heterocycles. The van der Waals surface area contributed by atoms with E-state index in [2.05, 4.69) is 4.99 Å². The maximum atomic E-state index is 12.9. The summed E-state index contributed by atoms with van der Waals surface area (Å²) in [6, 6.07) is 5.64. The molecule has 0 atom stereocenters. The fraction of sp³-hybridized carbons (Fsp3) is 0.0667. The third-order valence-electron chi connectivity index (χ3n) is 2.98. The molecular formula is C15H11FN2O2. The van der Waals surface area contributed by atoms with Crippen LogP contribution in [0.2, 0.25) is 0 Å². The van der Waals surface area contributed by atoms with Gasteiger partial charge in [0.25, 0.3) is 0 Å². The molecule has 0 amide bonds. The van der Waals surface area contributed by atoms with Crippen molar-refractivity contribution < 1.29 is 13.9 Å². The van der Waals surface area contributed by atoms with Crippen molar-refractivity contribution in [1.29, 1.82) is 0 Å². The maximum Gasteiger partial charge on any atom is 0.366 e. The molecule has 0 radical (unpaired) electrons. The summed E-state index contributed by atoms with van der Waals surface area (Å²) in [7, 11) is 1.82. The molecule has 1 aromatic rings. The van der Waals surface area contributed by atoms with Crippen molar-refractivity contribution >= 4 is 11.9 Å². The number of esters is 1. The van der Waals surface area contributed by atoms with E-state index in [1.165, 1.54) is 24.3 Å². The third-order valence-corrected chi connectivity index (χ3v) is 2.98. The number of halogens is 1. The molecule has 2 aliphatic rings. The molecule has 0 N–H and O–H groups in total. The Balaban J connectivity index is 2.01. The molecule has 0 unspecified atom stereocenters. The van der Waals surface area contributed by atoms with Crippen LogP contribution in [0.25, 0.3) is 0 Å². The highest BCUT2D eigenvalue weighted by Crippen LogP contribution is 2.23. The molecule has 0 spiro atoms. The van der Waals surface area contributed by atoms with Crippen molar-refractivity contribution in [2.45, 2.75) is 0 Å². The molecule has 2 heterocycles. The van der Waals surface area contributed by atoms with E-state index in [4.69, 9.17) is 4.74 Å². The highest BCUT2D eigenvalue weighted by Gasteiger charge is 2.28. The SMILES string of the molecule is CN1C=CC=C/C1=C1\N=C(c2ccc(F)cc2)OC1=O. The Morgan fingerprint density at radius 1 is 1.20 bits per heavy atom. The molecule has 5 heteroatoms. The van der Waals surface area contributed by atoms with E-state index in [1.54, 1.807) is 11.0 Å². The van der Waals surface area contributed by atoms with Crippen LogP contribution in [0.1, 0.15) is 5.56 Å². The van der Waals surface area contributed by atoms with Gasteiger partial charge in [0.2, 0.25) is 5.90 Å². The van der Waals surface area contributed by atoms with Crippen LogP contribution < -0.4 is 0 Å². The predicted octanol–water partition coefficient (Wildman–Crippen LogP) is 2.36. The number of ether oxygens (including phenoxy) is 1. The smallest absolute Gasteiger partial charge is 0.366 e. The van der Waals surface area contributed by atoms with Gasteiger partial charge in [-0.1, -0.05) is 6.08 Å². The zero-order chi connectivity index (χ0) is 14.1. The number of likely N-dealkylation sites (N-methyl/N-ethyl adjacent to an activating group) is 1. The van der Waals surface area contributed by atoms with Gasteiger partial charge in [0.15, 0.2) is 5.70 Å². The monoisotopic (exact) mass is 270 g/mol. The van der Waals surface area contributed by atoms with E-state index in [0.29, 0.717) is 11.3 Å². The largest absolute Gasteiger partial charge is 0.402 e. The average molecular weight is 270 g/mol. The lowest BCUT2D eigenvalue weighted by molar-refractivity contribution is -0.130. The van der Waals surface area contributed by atoms with Gasteiger partial charge in [-0.15, -0.1) is 0 Å². The van der Waals surface area contributed by atoms with Crippen molar-refractivity contribution in [3.05, 3.63) is 71.5 Å². The number of aliphatic imine (C=N–C) groups is 1. The molecule has 1 aromatic carbocycles. The van der Waals surface area contributed by atoms with Gasteiger partial charge >= 0.3 is 5.97 Å². The summed E-state index contributed by atoms with van der Waals surface area (Å²) in [6.07, 6.45) is 7.28. The summed E-state index contributed by atoms with van der Waals surface area (Å²) in [4.78, 5) is 17.9. The number of hydrogen-bond donors (Lipinski definition) is 0. The fourth-order valence-corrected chi connectivity index (χ4v) is 1.95. The second kappa shape index (κ2) is 4.77. The lowest BCUT2D eigenvalue weighted by atomic mass is 10.2. The summed E-state index contributed by atoms with van der Waals surface area (Å²) in [5.41, 5.74) is 1.47. The number of carbonyl (C=O) groups is 1. The lowest BCUT2D eigenvalue weighted by Gasteiger charge is -2.17. The zero-order valence-corrected chi connectivity index (χ0v) is 10.7. The number of nitrogens with zero attached hydrogens (tertiary/aromatic N) is 2. The summed E-state index contributed by atoms with van der Waals surface area (Å²) in [5, 5.41) is 0. The summed E-state index contributed by atoms with van der Waals surface area (Å²) < 4.78 is 18.0. The van der Waals surface area contributed by atoms with Crippen LogP contribution in [-0.2, 0) is 9.53 Å². The summed E-state index contributed by atoms with van der Waals surface area (Å²) >= 11 is 0. The molecule has 2 aliphatic heterocycles. The van der Waals surface area contributed by atoms with Gasteiger partial charge in [-0.3, -0.25) is 0 Å². The number of cyclic esters (lactones) is 1. The van der Waals surface area contributed by atoms with Crippen molar-refractivity contribution in [2.24, 2.45) is 4.99 Å². The highest BCUT2D eigenvalue weighted by molar-refractivity contribution is 6.11. The quantitative estimate of drug-likeness (QED) is 0.581. The predicted molar refractivity (Wildman–Crippen MR) is 72.1 cm³/mol. The van der Waals surface area contributed by atoms with Gasteiger partial charge in [0.1, 0.15) is 5.82 Å². The molecule has 0 saturated carbocycles. The molecule has 0 aliphatic carbocycles. The number of benzene rings is 1. The summed E-state index contributed by atoms with van der Waals surface area (Å²) in [6.45, 7) is 0. The van der Waals surface area contributed by atoms with Crippen LogP contribution in [0.15, 0.2) is 65.1 Å². The molecule has 4 nitrogen and oxygen atoms in total. The molecule has 100 valence electrons. The Kier molecular flexibility index (Phi) is 2.95. The number of allylic oxidation sites excluding steroid dienone is 3. The zero-order valence-electron chi connectivity index (χ0n) is 10.7. The second-order valence-corrected chi connectivity index (χ2v) is 4.36. The van der Waals surface area contributed by atoms with Crippen molar-refractivity contribution in [2.75, 3.05) is 7.05 Å². The third kappa shape index (κ3) is 2.14. The van der Waals surface area contributed by atoms with Crippen LogP contribution in [0.4, 0.5) is 4.39 Å². The van der Waals surface area contributed by atoms with E-state index >= 15 is 0 Å². The first kappa shape index (κ1) is 12.3. The average Bonchev–Trinajstić information content (AvgIpc) is 2.82. The van der Waals surface area contributed by atoms with Crippen LogP contribution in [0, 0.1) is 5.82 Å². The lowest BCUT2D eigenvalue weighted by Crippen LogP contribution is -2.15. The van der Waals surface area contributed by atoms with Crippen molar-refractivity contribution in [3.63, 3.8) is 0 Å². The Hall–Kier alpha value is -2.69.